The molecule has 0 aromatic carbocycles. The van der Waals surface area contributed by atoms with Gasteiger partial charge in [0.2, 0.25) is 5.91 Å². The summed E-state index contributed by atoms with van der Waals surface area (Å²) in [7, 11) is 3.38. The molecule has 0 aromatic heterocycles. The van der Waals surface area contributed by atoms with E-state index in [9.17, 15) is 4.79 Å². The molecule has 20 heavy (non-hydrogen) atoms. The van der Waals surface area contributed by atoms with Crippen LogP contribution in [0.25, 0.3) is 0 Å². The Balaban J connectivity index is 2.33. The quantitative estimate of drug-likeness (QED) is 0.633. The third-order valence-electron chi connectivity index (χ3n) is 3.69. The molecule has 1 heterocycles. The highest BCUT2D eigenvalue weighted by atomic mass is 16.5. The molecule has 2 N–H and O–H groups in total. The highest BCUT2D eigenvalue weighted by Crippen LogP contribution is 2.07. The molecule has 1 atom stereocenters. The van der Waals surface area contributed by atoms with E-state index in [0.29, 0.717) is 13.0 Å². The Morgan fingerprint density at radius 3 is 2.60 bits per heavy atom. The molecule has 1 amide bonds. The van der Waals surface area contributed by atoms with Crippen molar-refractivity contribution in [2.75, 3.05) is 60.2 Å². The van der Waals surface area contributed by atoms with Crippen LogP contribution in [0.15, 0.2) is 0 Å². The number of hydrogen-bond acceptors (Lipinski definition) is 5. The van der Waals surface area contributed by atoms with E-state index in [1.54, 1.807) is 14.2 Å². The predicted molar refractivity (Wildman–Crippen MR) is 78.6 cm³/mol. The second-order valence-electron chi connectivity index (χ2n) is 5.25. The van der Waals surface area contributed by atoms with Crippen molar-refractivity contribution in [3.63, 3.8) is 0 Å². The summed E-state index contributed by atoms with van der Waals surface area (Å²) in [6.45, 7) is 5.82. The molecule has 6 nitrogen and oxygen atoms in total. The summed E-state index contributed by atoms with van der Waals surface area (Å²) in [5, 5.41) is 0. The van der Waals surface area contributed by atoms with Gasteiger partial charge in [-0.15, -0.1) is 0 Å². The van der Waals surface area contributed by atoms with Crippen molar-refractivity contribution in [1.82, 2.24) is 9.80 Å². The van der Waals surface area contributed by atoms with Gasteiger partial charge in [-0.05, 0) is 25.8 Å². The zero-order valence-electron chi connectivity index (χ0n) is 12.8. The molecular formula is C14H29N3O3. The molecule has 0 spiro atoms. The highest BCUT2D eigenvalue weighted by Gasteiger charge is 2.23. The maximum atomic E-state index is 12.3. The summed E-state index contributed by atoms with van der Waals surface area (Å²) in [6.07, 6.45) is 2.52. The van der Waals surface area contributed by atoms with Crippen molar-refractivity contribution < 1.29 is 14.3 Å². The molecule has 1 fully saturated rings. The fourth-order valence-corrected chi connectivity index (χ4v) is 2.44. The van der Waals surface area contributed by atoms with Crippen molar-refractivity contribution >= 4 is 5.91 Å². The Labute approximate surface area is 122 Å². The molecule has 118 valence electrons. The number of hydrogen-bond donors (Lipinski definition) is 1. The predicted octanol–water partition coefficient (Wildman–Crippen LogP) is -0.0790. The fourth-order valence-electron chi connectivity index (χ4n) is 2.44. The Hall–Kier alpha value is -0.690. The summed E-state index contributed by atoms with van der Waals surface area (Å²) in [6, 6.07) is -0.393. The number of rotatable bonds is 8. The summed E-state index contributed by atoms with van der Waals surface area (Å²) >= 11 is 0. The first-order chi connectivity index (χ1) is 9.69. The first kappa shape index (κ1) is 17.4. The maximum absolute atomic E-state index is 12.3. The standard InChI is InChI=1S/C14H29N3O3/c1-19-11-3-5-13(15)14(18)17-7-4-6-16(8-9-17)10-12-20-2/h13H,3-12,15H2,1-2H3. The number of ether oxygens (including phenoxy) is 2. The van der Waals surface area contributed by atoms with Gasteiger partial charge >= 0.3 is 0 Å². The average molecular weight is 287 g/mol. The number of carbonyl (C=O) groups excluding carboxylic acids is 1. The molecule has 1 aliphatic rings. The minimum Gasteiger partial charge on any atom is -0.385 e. The van der Waals surface area contributed by atoms with Crippen LogP contribution in [0, 0.1) is 0 Å². The summed E-state index contributed by atoms with van der Waals surface area (Å²) in [5.74, 6) is 0.0784. The Bertz CT molecular complexity index is 276. The molecular weight excluding hydrogens is 258 g/mol. The molecule has 1 unspecified atom stereocenters. The largest absolute Gasteiger partial charge is 0.385 e. The van der Waals surface area contributed by atoms with Gasteiger partial charge in [0.15, 0.2) is 0 Å². The van der Waals surface area contributed by atoms with Crippen molar-refractivity contribution in [2.45, 2.75) is 25.3 Å². The summed E-state index contributed by atoms with van der Waals surface area (Å²) in [5.41, 5.74) is 5.97. The molecule has 0 saturated carbocycles. The smallest absolute Gasteiger partial charge is 0.239 e. The van der Waals surface area contributed by atoms with E-state index >= 15 is 0 Å². The van der Waals surface area contributed by atoms with Gasteiger partial charge in [-0.25, -0.2) is 0 Å². The zero-order valence-corrected chi connectivity index (χ0v) is 12.8. The number of nitrogens with two attached hydrogens (primary N) is 1. The number of amides is 1. The van der Waals surface area contributed by atoms with Crippen LogP contribution >= 0.6 is 0 Å². The monoisotopic (exact) mass is 287 g/mol. The number of methoxy groups -OCH3 is 2. The lowest BCUT2D eigenvalue weighted by atomic mass is 10.1. The minimum absolute atomic E-state index is 0.0784. The second-order valence-corrected chi connectivity index (χ2v) is 5.25. The first-order valence-corrected chi connectivity index (χ1v) is 7.43. The second kappa shape index (κ2) is 10.1. The van der Waals surface area contributed by atoms with Crippen LogP contribution in [0.1, 0.15) is 19.3 Å². The van der Waals surface area contributed by atoms with Crippen LogP contribution in [-0.4, -0.2) is 81.9 Å². The van der Waals surface area contributed by atoms with Gasteiger partial charge in [0.05, 0.1) is 12.6 Å². The van der Waals surface area contributed by atoms with Crippen molar-refractivity contribution in [3.05, 3.63) is 0 Å². The molecule has 1 saturated heterocycles. The van der Waals surface area contributed by atoms with Gasteiger partial charge in [0, 0.05) is 47.0 Å². The Kier molecular flexibility index (Phi) is 8.77. The van der Waals surface area contributed by atoms with E-state index in [1.807, 2.05) is 4.90 Å². The third-order valence-corrected chi connectivity index (χ3v) is 3.69. The normalized spacial score (nSPS) is 18.9. The third kappa shape index (κ3) is 6.17. The van der Waals surface area contributed by atoms with E-state index in [0.717, 1.165) is 52.2 Å². The van der Waals surface area contributed by atoms with Gasteiger partial charge in [-0.1, -0.05) is 0 Å². The van der Waals surface area contributed by atoms with Crippen LogP contribution < -0.4 is 5.73 Å². The SMILES string of the molecule is COCCCC(N)C(=O)N1CCCN(CCOC)CC1. The van der Waals surface area contributed by atoms with E-state index in [1.165, 1.54) is 0 Å². The minimum atomic E-state index is -0.393. The van der Waals surface area contributed by atoms with E-state index < -0.39 is 6.04 Å². The van der Waals surface area contributed by atoms with Crippen LogP contribution in [0.2, 0.25) is 0 Å². The summed E-state index contributed by atoms with van der Waals surface area (Å²) < 4.78 is 10.1. The lowest BCUT2D eigenvalue weighted by molar-refractivity contribution is -0.132. The summed E-state index contributed by atoms with van der Waals surface area (Å²) in [4.78, 5) is 16.5. The molecule has 0 bridgehead atoms. The van der Waals surface area contributed by atoms with Crippen LogP contribution in [-0.2, 0) is 14.3 Å². The highest BCUT2D eigenvalue weighted by molar-refractivity contribution is 5.81. The molecule has 0 aliphatic carbocycles. The maximum Gasteiger partial charge on any atom is 0.239 e. The molecule has 0 aromatic rings. The van der Waals surface area contributed by atoms with E-state index in [4.69, 9.17) is 15.2 Å². The van der Waals surface area contributed by atoms with Crippen molar-refractivity contribution in [2.24, 2.45) is 5.73 Å². The van der Waals surface area contributed by atoms with Crippen LogP contribution in [0.4, 0.5) is 0 Å². The fraction of sp³-hybridized carbons (Fsp3) is 0.929. The molecule has 0 radical (unpaired) electrons. The van der Waals surface area contributed by atoms with Gasteiger partial charge in [0.25, 0.3) is 0 Å². The molecule has 6 heteroatoms. The van der Waals surface area contributed by atoms with Crippen LogP contribution in [0.3, 0.4) is 0 Å². The van der Waals surface area contributed by atoms with Gasteiger partial charge in [-0.3, -0.25) is 9.69 Å². The van der Waals surface area contributed by atoms with E-state index in [2.05, 4.69) is 4.90 Å². The lowest BCUT2D eigenvalue weighted by Crippen LogP contribution is -2.45. The van der Waals surface area contributed by atoms with Gasteiger partial charge < -0.3 is 20.1 Å². The van der Waals surface area contributed by atoms with Crippen LogP contribution in [0.5, 0.6) is 0 Å². The Morgan fingerprint density at radius 1 is 1.15 bits per heavy atom. The number of nitrogens with zero attached hydrogens (tertiary/aromatic N) is 2. The van der Waals surface area contributed by atoms with E-state index in [-0.39, 0.29) is 5.91 Å². The van der Waals surface area contributed by atoms with Gasteiger partial charge in [0.1, 0.15) is 0 Å². The van der Waals surface area contributed by atoms with Gasteiger partial charge in [-0.2, -0.15) is 0 Å². The lowest BCUT2D eigenvalue weighted by Gasteiger charge is -2.24. The van der Waals surface area contributed by atoms with Crippen molar-refractivity contribution in [1.29, 1.82) is 0 Å². The first-order valence-electron chi connectivity index (χ1n) is 7.43. The number of carbonyl (C=O) groups is 1. The topological polar surface area (TPSA) is 68.0 Å². The molecule has 1 rings (SSSR count). The average Bonchev–Trinajstić information content (AvgIpc) is 2.70. The van der Waals surface area contributed by atoms with Crippen molar-refractivity contribution in [3.8, 4) is 0 Å². The molecule has 1 aliphatic heterocycles. The zero-order chi connectivity index (χ0) is 14.8. The Morgan fingerprint density at radius 2 is 1.90 bits per heavy atom.